The first kappa shape index (κ1) is 45.0. The van der Waals surface area contributed by atoms with Crippen LogP contribution in [0.4, 0.5) is 5.13 Å². The lowest BCUT2D eigenvalue weighted by atomic mass is 9.39. The second-order valence-electron chi connectivity index (χ2n) is 19.1. The summed E-state index contributed by atoms with van der Waals surface area (Å²) in [6.45, 7) is 16.5. The fourth-order valence-electron chi connectivity index (χ4n) is 12.2. The smallest absolute Gasteiger partial charge is 0.303 e. The van der Waals surface area contributed by atoms with E-state index < -0.39 is 11.9 Å². The Labute approximate surface area is 369 Å². The van der Waals surface area contributed by atoms with E-state index in [1.807, 2.05) is 75.2 Å². The summed E-state index contributed by atoms with van der Waals surface area (Å²) in [6.07, 6.45) is 14.4. The number of para-hydroxylation sites is 1. The van der Waals surface area contributed by atoms with Crippen LogP contribution >= 0.6 is 11.3 Å². The van der Waals surface area contributed by atoms with Crippen LogP contribution < -0.4 is 16.0 Å². The number of nitrogens with one attached hydrogen (secondary N) is 3. The summed E-state index contributed by atoms with van der Waals surface area (Å²) in [6, 6.07) is 7.86. The monoisotopic (exact) mass is 868 g/mol. The van der Waals surface area contributed by atoms with Gasteiger partial charge in [0.05, 0.1) is 48.6 Å². The predicted molar refractivity (Wildman–Crippen MR) is 246 cm³/mol. The zero-order valence-electron chi connectivity index (χ0n) is 37.5. The molecular formula is C47H66N9O5S+. The molecule has 0 amide bonds. The van der Waals surface area contributed by atoms with Gasteiger partial charge in [0.2, 0.25) is 5.13 Å². The number of allylic oxidation sites excluding steroid dienone is 3. The number of likely N-dealkylation sites (N-methyl/N-ethyl adjacent to an activating group) is 1. The Hall–Kier alpha value is -4.99. The number of dihydropyridines is 1. The number of ether oxygens (including phenoxy) is 1. The Morgan fingerprint density at radius 2 is 1.79 bits per heavy atom. The van der Waals surface area contributed by atoms with Gasteiger partial charge in [0.15, 0.2) is 0 Å². The number of likely N-dealkylation sites (tertiary alicyclic amines) is 1. The number of aliphatic imine (C=N–C) groups is 1. The number of rotatable bonds is 14. The molecule has 3 unspecified atom stereocenters. The topological polar surface area (TPSA) is 200 Å². The third kappa shape index (κ3) is 9.21. The Bertz CT molecular complexity index is 2320. The van der Waals surface area contributed by atoms with Crippen molar-refractivity contribution < 1.29 is 29.8 Å². The third-order valence-electron chi connectivity index (χ3n) is 13.6. The van der Waals surface area contributed by atoms with E-state index in [0.29, 0.717) is 48.4 Å². The number of fused-ring (bicyclic) bond motifs is 1. The number of hydrogen-bond donors (Lipinski definition) is 7. The van der Waals surface area contributed by atoms with Crippen LogP contribution in [0.15, 0.2) is 76.2 Å². The number of nitrogens with two attached hydrogens (primary N) is 1. The zero-order valence-corrected chi connectivity index (χ0v) is 38.3. The minimum absolute atomic E-state index is 0.0110. The number of carboxylic acids is 1. The van der Waals surface area contributed by atoms with Gasteiger partial charge in [-0.05, 0) is 111 Å². The lowest BCUT2D eigenvalue weighted by Crippen LogP contribution is -3.09. The van der Waals surface area contributed by atoms with Crippen molar-refractivity contribution in [2.75, 3.05) is 33.3 Å². The van der Waals surface area contributed by atoms with E-state index in [0.717, 1.165) is 90.8 Å². The molecule has 5 fully saturated rings. The standard InChI is InChI=1S/C45H59N9O5S.C2H6/c1-28(38(46)51-41-49-33-11-6-7-12-34(33)60-41)30-10-8-17-53(39(30)47)35-15-14-31(37(50-35)40(57)58)32-20-48-54(29(32)2)27-44-22-42(3)21-43(4,23-44)25-45(24-42,26-44)59-19-18-52(5)16-9-13-36(55)56;1-2/h6-7,11-12,14-15,20,47,50,57-58H,8-10,13,16-19,21-27H2,1-5H3,(H,55,56)(H2,46,49,51);1-2H3/p+1/b30-28-,47-39?;. The van der Waals surface area contributed by atoms with E-state index in [-0.39, 0.29) is 39.8 Å². The molecule has 62 heavy (non-hydrogen) atoms. The molecule has 4 saturated carbocycles. The van der Waals surface area contributed by atoms with Gasteiger partial charge in [-0.25, -0.2) is 9.98 Å². The fraction of sp³-hybridized carbons (Fsp3) is 0.553. The van der Waals surface area contributed by atoms with E-state index in [4.69, 9.17) is 20.7 Å². The highest BCUT2D eigenvalue weighted by Gasteiger charge is 2.66. The number of carboxylic acid groups (broad SMARTS) is 1. The summed E-state index contributed by atoms with van der Waals surface area (Å²) in [7, 11) is 2.12. The van der Waals surface area contributed by atoms with Gasteiger partial charge in [0, 0.05) is 41.9 Å². The molecule has 14 nitrogen and oxygen atoms in total. The summed E-state index contributed by atoms with van der Waals surface area (Å²) < 4.78 is 10.1. The molecule has 9 rings (SSSR count). The number of piperidine rings is 1. The molecule has 334 valence electrons. The highest BCUT2D eigenvalue weighted by Crippen LogP contribution is 2.72. The van der Waals surface area contributed by atoms with Gasteiger partial charge in [-0.3, -0.25) is 14.9 Å². The number of carbonyl (C=O) groups is 1. The van der Waals surface area contributed by atoms with Gasteiger partial charge in [-0.15, -0.1) is 0 Å². The van der Waals surface area contributed by atoms with E-state index in [1.165, 1.54) is 22.7 Å². The summed E-state index contributed by atoms with van der Waals surface area (Å²) in [5.74, 6) is -0.424. The van der Waals surface area contributed by atoms with Gasteiger partial charge in [-0.1, -0.05) is 51.2 Å². The Morgan fingerprint density at radius 3 is 2.48 bits per heavy atom. The first-order valence-corrected chi connectivity index (χ1v) is 23.1. The Morgan fingerprint density at radius 1 is 1.06 bits per heavy atom. The Kier molecular flexibility index (Phi) is 12.8. The molecular weight excluding hydrogens is 803 g/mol. The number of aliphatic hydroxyl groups excluding tert-OH is 1. The third-order valence-corrected chi connectivity index (χ3v) is 14.5. The molecule has 4 bridgehead atoms. The van der Waals surface area contributed by atoms with E-state index in [9.17, 15) is 20.4 Å². The van der Waals surface area contributed by atoms with Crippen LogP contribution in [0.25, 0.3) is 15.8 Å². The maximum Gasteiger partial charge on any atom is 0.303 e. The summed E-state index contributed by atoms with van der Waals surface area (Å²) in [5, 5.41) is 48.4. The maximum absolute atomic E-state index is 11.0. The number of thiazole rings is 1. The highest BCUT2D eigenvalue weighted by atomic mass is 32.1. The van der Waals surface area contributed by atoms with Gasteiger partial charge >= 0.3 is 5.97 Å². The van der Waals surface area contributed by atoms with E-state index in [2.05, 4.69) is 40.9 Å². The lowest BCUT2D eigenvalue weighted by Gasteiger charge is -2.69. The zero-order chi connectivity index (χ0) is 44.6. The normalized spacial score (nSPS) is 28.2. The van der Waals surface area contributed by atoms with Crippen LogP contribution in [0, 0.1) is 28.6 Å². The predicted octanol–water partition coefficient (Wildman–Crippen LogP) is 7.53. The first-order chi connectivity index (χ1) is 29.5. The van der Waals surface area contributed by atoms with Crippen LogP contribution in [-0.4, -0.2) is 91.5 Å². The summed E-state index contributed by atoms with van der Waals surface area (Å²) >= 11 is 1.47. The average Bonchev–Trinajstić information content (AvgIpc) is 3.78. The average molecular weight is 869 g/mol. The fourth-order valence-corrected chi connectivity index (χ4v) is 13.0. The van der Waals surface area contributed by atoms with Crippen LogP contribution in [0.3, 0.4) is 0 Å². The molecule has 0 spiro atoms. The van der Waals surface area contributed by atoms with Crippen LogP contribution in [0.2, 0.25) is 0 Å². The van der Waals surface area contributed by atoms with Crippen molar-refractivity contribution in [2.24, 2.45) is 27.0 Å². The molecule has 0 radical (unpaired) electrons. The second-order valence-corrected chi connectivity index (χ2v) is 20.1. The molecule has 4 aliphatic carbocycles. The molecule has 1 aromatic carbocycles. The largest absolute Gasteiger partial charge is 0.481 e. The number of amidine groups is 2. The molecule has 6 aliphatic rings. The Balaban J connectivity index is 0.00000285. The molecule has 3 atom stereocenters. The number of benzene rings is 1. The lowest BCUT2D eigenvalue weighted by molar-refractivity contribution is -0.880. The van der Waals surface area contributed by atoms with Crippen molar-refractivity contribution in [3.63, 3.8) is 0 Å². The molecule has 8 N–H and O–H groups in total. The van der Waals surface area contributed by atoms with Gasteiger partial charge in [0.25, 0.3) is 5.95 Å². The van der Waals surface area contributed by atoms with E-state index in [1.54, 1.807) is 0 Å². The highest BCUT2D eigenvalue weighted by molar-refractivity contribution is 7.22. The van der Waals surface area contributed by atoms with Crippen molar-refractivity contribution in [2.45, 2.75) is 118 Å². The van der Waals surface area contributed by atoms with Crippen molar-refractivity contribution in [3.8, 4) is 0 Å². The van der Waals surface area contributed by atoms with Crippen molar-refractivity contribution in [3.05, 3.63) is 82.5 Å². The molecule has 1 saturated heterocycles. The number of nitrogens with zero attached hydrogens (tertiary/aromatic N) is 5. The van der Waals surface area contributed by atoms with Crippen LogP contribution in [-0.2, 0) is 16.1 Å². The number of quaternary nitrogens is 1. The molecule has 2 aromatic heterocycles. The van der Waals surface area contributed by atoms with Crippen LogP contribution in [0.1, 0.15) is 110 Å². The molecule has 3 aromatic rings. The molecule has 2 aliphatic heterocycles. The van der Waals surface area contributed by atoms with Crippen molar-refractivity contribution in [1.82, 2.24) is 25.0 Å². The number of aliphatic carboxylic acids is 1. The quantitative estimate of drug-likeness (QED) is 0.0483. The second kappa shape index (κ2) is 17.6. The molecule has 15 heteroatoms. The molecule has 4 heterocycles. The first-order valence-electron chi connectivity index (χ1n) is 22.3. The van der Waals surface area contributed by atoms with Gasteiger partial charge in [-0.2, -0.15) is 5.10 Å². The number of aliphatic hydroxyl groups is 2. The minimum Gasteiger partial charge on any atom is -0.481 e. The SMILES string of the molecule is CC.CC(=C1\CCCN(C2=CC=C(c3cnn(CC45CC6(C)CC(C)(C4)CC(OCC[NH+](C)CCCC(=O)O)(C6)C5)c3C)C(=C(O)O)N2)C1=N)/C(N)=N\c1nc2ccccc2s1. The van der Waals surface area contributed by atoms with Gasteiger partial charge in [0.1, 0.15) is 29.7 Å². The van der Waals surface area contributed by atoms with Crippen LogP contribution in [0.5, 0.6) is 0 Å². The summed E-state index contributed by atoms with van der Waals surface area (Å²) in [5.41, 5.74) is 11.6. The van der Waals surface area contributed by atoms with Crippen molar-refractivity contribution in [1.29, 1.82) is 5.41 Å². The minimum atomic E-state index is -0.836. The number of hydrogen-bond acceptors (Lipinski definition) is 10. The van der Waals surface area contributed by atoms with Gasteiger partial charge < -0.3 is 40.9 Å². The maximum atomic E-state index is 11.0. The summed E-state index contributed by atoms with van der Waals surface area (Å²) in [4.78, 5) is 23.4. The van der Waals surface area contributed by atoms with E-state index >= 15 is 0 Å². The number of aromatic nitrogens is 3. The van der Waals surface area contributed by atoms with Crippen molar-refractivity contribution >= 4 is 49.9 Å².